The lowest BCUT2D eigenvalue weighted by Crippen LogP contribution is -2.35. The van der Waals surface area contributed by atoms with Crippen LogP contribution in [0.2, 0.25) is 0 Å². The second-order valence-corrected chi connectivity index (χ2v) is 5.78. The molecule has 0 saturated carbocycles. The lowest BCUT2D eigenvalue weighted by atomic mass is 10.1. The Morgan fingerprint density at radius 1 is 1.33 bits per heavy atom. The first-order valence-electron chi connectivity index (χ1n) is 6.52. The van der Waals surface area contributed by atoms with Gasteiger partial charge in [-0.05, 0) is 20.8 Å². The van der Waals surface area contributed by atoms with Crippen molar-refractivity contribution >= 4 is 0 Å². The highest BCUT2D eigenvalue weighted by Gasteiger charge is 2.15. The van der Waals surface area contributed by atoms with Crippen LogP contribution in [0.1, 0.15) is 32.2 Å². The molecule has 1 aromatic rings. The highest BCUT2D eigenvalue weighted by atomic mass is 16.5. The molecule has 5 nitrogen and oxygen atoms in total. The van der Waals surface area contributed by atoms with Crippen LogP contribution >= 0.6 is 0 Å². The summed E-state index contributed by atoms with van der Waals surface area (Å²) in [5, 5.41) is 7.49. The molecule has 0 aromatic carbocycles. The van der Waals surface area contributed by atoms with Crippen molar-refractivity contribution in [2.24, 2.45) is 0 Å². The zero-order valence-electron chi connectivity index (χ0n) is 11.5. The first-order chi connectivity index (χ1) is 8.53. The minimum atomic E-state index is 0.101. The third-order valence-electron chi connectivity index (χ3n) is 2.89. The number of rotatable bonds is 4. The van der Waals surface area contributed by atoms with Crippen molar-refractivity contribution in [2.45, 2.75) is 39.4 Å². The molecule has 0 atom stereocenters. The van der Waals surface area contributed by atoms with Gasteiger partial charge in [-0.1, -0.05) is 5.16 Å². The van der Waals surface area contributed by atoms with Crippen molar-refractivity contribution < 1.29 is 9.26 Å². The fraction of sp³-hybridized carbons (Fsp3) is 0.769. The average molecular weight is 253 g/mol. The first-order valence-corrected chi connectivity index (χ1v) is 6.52. The molecule has 0 bridgehead atoms. The van der Waals surface area contributed by atoms with E-state index in [1.165, 1.54) is 0 Å². The second kappa shape index (κ2) is 5.82. The van der Waals surface area contributed by atoms with Crippen LogP contribution in [-0.4, -0.2) is 41.9 Å². The Morgan fingerprint density at radius 2 is 2.06 bits per heavy atom. The molecular formula is C13H23N3O2. The van der Waals surface area contributed by atoms with Crippen molar-refractivity contribution in [2.75, 3.05) is 26.3 Å². The van der Waals surface area contributed by atoms with Gasteiger partial charge in [-0.25, -0.2) is 0 Å². The van der Waals surface area contributed by atoms with Crippen molar-refractivity contribution in [1.29, 1.82) is 0 Å². The monoisotopic (exact) mass is 253 g/mol. The van der Waals surface area contributed by atoms with E-state index in [1.807, 2.05) is 6.07 Å². The van der Waals surface area contributed by atoms with Gasteiger partial charge < -0.3 is 14.6 Å². The molecule has 102 valence electrons. The zero-order valence-corrected chi connectivity index (χ0v) is 11.5. The van der Waals surface area contributed by atoms with Gasteiger partial charge in [0.2, 0.25) is 0 Å². The maximum absolute atomic E-state index is 5.36. The van der Waals surface area contributed by atoms with E-state index in [4.69, 9.17) is 9.26 Å². The molecule has 1 aliphatic rings. The standard InChI is InChI=1S/C13H23N3O2/c1-13(2,3)14-9-11-8-12(18-15-11)10-16-4-6-17-7-5-16/h8,14H,4-7,9-10H2,1-3H3. The highest BCUT2D eigenvalue weighted by Crippen LogP contribution is 2.10. The van der Waals surface area contributed by atoms with Gasteiger partial charge in [0.1, 0.15) is 0 Å². The molecule has 18 heavy (non-hydrogen) atoms. The van der Waals surface area contributed by atoms with Crippen molar-refractivity contribution in [3.8, 4) is 0 Å². The Hall–Kier alpha value is -0.910. The quantitative estimate of drug-likeness (QED) is 0.879. The molecule has 0 radical (unpaired) electrons. The maximum atomic E-state index is 5.36. The van der Waals surface area contributed by atoms with Gasteiger partial charge in [0, 0.05) is 31.2 Å². The van der Waals surface area contributed by atoms with Crippen LogP contribution in [0.3, 0.4) is 0 Å². The first kappa shape index (κ1) is 13.5. The largest absolute Gasteiger partial charge is 0.379 e. The van der Waals surface area contributed by atoms with Gasteiger partial charge in [-0.15, -0.1) is 0 Å². The third kappa shape index (κ3) is 4.40. The maximum Gasteiger partial charge on any atom is 0.151 e. The number of morpholine rings is 1. The Bertz CT molecular complexity index is 365. The number of ether oxygens (including phenoxy) is 1. The van der Waals surface area contributed by atoms with Crippen LogP contribution in [0.5, 0.6) is 0 Å². The van der Waals surface area contributed by atoms with Gasteiger partial charge in [0.05, 0.1) is 25.5 Å². The molecule has 0 spiro atoms. The van der Waals surface area contributed by atoms with Crippen molar-refractivity contribution in [3.63, 3.8) is 0 Å². The van der Waals surface area contributed by atoms with Crippen LogP contribution < -0.4 is 5.32 Å². The SMILES string of the molecule is CC(C)(C)NCc1cc(CN2CCOCC2)on1. The molecule has 0 aliphatic carbocycles. The average Bonchev–Trinajstić information content (AvgIpc) is 2.75. The fourth-order valence-corrected chi connectivity index (χ4v) is 1.85. The Labute approximate surface area is 108 Å². The fourth-order valence-electron chi connectivity index (χ4n) is 1.85. The molecule has 1 N–H and O–H groups in total. The molecule has 2 heterocycles. The third-order valence-corrected chi connectivity index (χ3v) is 2.89. The van der Waals surface area contributed by atoms with Gasteiger partial charge in [0.25, 0.3) is 0 Å². The van der Waals surface area contributed by atoms with Gasteiger partial charge >= 0.3 is 0 Å². The van der Waals surface area contributed by atoms with Crippen LogP contribution in [0.4, 0.5) is 0 Å². The molecule has 1 aromatic heterocycles. The van der Waals surface area contributed by atoms with E-state index in [9.17, 15) is 0 Å². The molecule has 0 amide bonds. The van der Waals surface area contributed by atoms with E-state index in [-0.39, 0.29) is 5.54 Å². The Kier molecular flexibility index (Phi) is 4.37. The Balaban J connectivity index is 1.82. The molecule has 0 unspecified atom stereocenters. The van der Waals surface area contributed by atoms with Crippen LogP contribution in [0, 0.1) is 0 Å². The number of nitrogens with one attached hydrogen (secondary N) is 1. The summed E-state index contributed by atoms with van der Waals surface area (Å²) in [6.45, 7) is 11.6. The summed E-state index contributed by atoms with van der Waals surface area (Å²) in [7, 11) is 0. The summed E-state index contributed by atoms with van der Waals surface area (Å²) >= 11 is 0. The molecule has 1 saturated heterocycles. The van der Waals surface area contributed by atoms with Crippen LogP contribution in [0.25, 0.3) is 0 Å². The number of nitrogens with zero attached hydrogens (tertiary/aromatic N) is 2. The van der Waals surface area contributed by atoms with Crippen LogP contribution in [-0.2, 0) is 17.8 Å². The smallest absolute Gasteiger partial charge is 0.151 e. The van der Waals surface area contributed by atoms with Gasteiger partial charge in [-0.3, -0.25) is 4.90 Å². The van der Waals surface area contributed by atoms with Crippen LogP contribution in [0.15, 0.2) is 10.6 Å². The normalized spacial score (nSPS) is 18.2. The van der Waals surface area contributed by atoms with E-state index in [0.717, 1.165) is 50.8 Å². The minimum absolute atomic E-state index is 0.101. The molecule has 2 rings (SSSR count). The summed E-state index contributed by atoms with van der Waals surface area (Å²) in [5.74, 6) is 0.933. The predicted octanol–water partition coefficient (Wildman–Crippen LogP) is 1.39. The van der Waals surface area contributed by atoms with Crippen molar-refractivity contribution in [3.05, 3.63) is 17.5 Å². The van der Waals surface area contributed by atoms with Gasteiger partial charge in [-0.2, -0.15) is 0 Å². The summed E-state index contributed by atoms with van der Waals surface area (Å²) in [6.07, 6.45) is 0. The lowest BCUT2D eigenvalue weighted by molar-refractivity contribution is 0.0305. The van der Waals surface area contributed by atoms with E-state index in [1.54, 1.807) is 0 Å². The summed E-state index contributed by atoms with van der Waals surface area (Å²) in [4.78, 5) is 2.32. The van der Waals surface area contributed by atoms with E-state index in [0.29, 0.717) is 0 Å². The molecule has 1 aliphatic heterocycles. The van der Waals surface area contributed by atoms with Crippen molar-refractivity contribution in [1.82, 2.24) is 15.4 Å². The second-order valence-electron chi connectivity index (χ2n) is 5.78. The summed E-state index contributed by atoms with van der Waals surface area (Å²) in [6, 6.07) is 2.04. The van der Waals surface area contributed by atoms with E-state index < -0.39 is 0 Å². The predicted molar refractivity (Wildman–Crippen MR) is 69.2 cm³/mol. The lowest BCUT2D eigenvalue weighted by Gasteiger charge is -2.25. The zero-order chi connectivity index (χ0) is 13.0. The molecule has 1 fully saturated rings. The molecule has 5 heteroatoms. The number of hydrogen-bond donors (Lipinski definition) is 1. The topological polar surface area (TPSA) is 50.5 Å². The summed E-state index contributed by atoms with van der Waals surface area (Å²) < 4.78 is 10.7. The minimum Gasteiger partial charge on any atom is -0.379 e. The summed E-state index contributed by atoms with van der Waals surface area (Å²) in [5.41, 5.74) is 1.07. The highest BCUT2D eigenvalue weighted by molar-refractivity contribution is 5.05. The van der Waals surface area contributed by atoms with E-state index >= 15 is 0 Å². The molecular weight excluding hydrogens is 230 g/mol. The van der Waals surface area contributed by atoms with Gasteiger partial charge in [0.15, 0.2) is 5.76 Å². The Morgan fingerprint density at radius 3 is 2.72 bits per heavy atom. The van der Waals surface area contributed by atoms with E-state index in [2.05, 4.69) is 36.1 Å². The number of hydrogen-bond acceptors (Lipinski definition) is 5. The number of aromatic nitrogens is 1.